The largest absolute Gasteiger partial charge is 0.459 e. The fourth-order valence-electron chi connectivity index (χ4n) is 1.66. The molecule has 0 aliphatic rings. The lowest BCUT2D eigenvalue weighted by Crippen LogP contribution is -2.18. The lowest BCUT2D eigenvalue weighted by molar-refractivity contribution is -0.116. The number of rotatable bonds is 5. The monoisotopic (exact) mass is 307 g/mol. The number of hydrogen-bond acceptors (Lipinski definition) is 4. The first kappa shape index (κ1) is 15.1. The molecule has 0 aliphatic carbocycles. The molecule has 6 nitrogen and oxygen atoms in total. The normalized spacial score (nSPS) is 10.2. The summed E-state index contributed by atoms with van der Waals surface area (Å²) in [6, 6.07) is 7.91. The second kappa shape index (κ2) is 6.92. The summed E-state index contributed by atoms with van der Waals surface area (Å²) in [5.74, 6) is -0.505. The lowest BCUT2D eigenvalue weighted by Gasteiger charge is -2.12. The second-order valence-electron chi connectivity index (χ2n) is 4.21. The number of amides is 2. The van der Waals surface area contributed by atoms with Crippen LogP contribution in [0.15, 0.2) is 41.0 Å². The number of furan rings is 1. The van der Waals surface area contributed by atoms with E-state index in [1.165, 1.54) is 12.3 Å². The SMILES string of the molecule is NCCC(=O)Nc1cc(Cl)ccc1NC(=O)c1ccco1. The Morgan fingerprint density at radius 1 is 1.19 bits per heavy atom. The molecule has 0 atom stereocenters. The summed E-state index contributed by atoms with van der Waals surface area (Å²) in [6.45, 7) is 0.237. The van der Waals surface area contributed by atoms with Crippen molar-refractivity contribution in [1.29, 1.82) is 0 Å². The number of halogens is 1. The van der Waals surface area contributed by atoms with Crippen LogP contribution in [0.4, 0.5) is 11.4 Å². The first-order valence-corrected chi connectivity index (χ1v) is 6.62. The predicted octanol–water partition coefficient (Wildman–Crippen LogP) is 2.47. The van der Waals surface area contributed by atoms with Gasteiger partial charge in [0.25, 0.3) is 5.91 Å². The number of benzene rings is 1. The fourth-order valence-corrected chi connectivity index (χ4v) is 1.84. The highest BCUT2D eigenvalue weighted by molar-refractivity contribution is 6.31. The van der Waals surface area contributed by atoms with Crippen molar-refractivity contribution in [2.24, 2.45) is 5.73 Å². The standard InChI is InChI=1S/C14H14ClN3O3/c15-9-3-4-10(11(8-9)17-13(19)5-6-16)18-14(20)12-2-1-7-21-12/h1-4,7-8H,5-6,16H2,(H,17,19)(H,18,20). The quantitative estimate of drug-likeness (QED) is 0.790. The third-order valence-electron chi connectivity index (χ3n) is 2.62. The molecular formula is C14H14ClN3O3. The van der Waals surface area contributed by atoms with Crippen LogP contribution in [0.2, 0.25) is 5.02 Å². The minimum Gasteiger partial charge on any atom is -0.459 e. The van der Waals surface area contributed by atoms with E-state index in [2.05, 4.69) is 10.6 Å². The summed E-state index contributed by atoms with van der Waals surface area (Å²) in [4.78, 5) is 23.6. The molecule has 0 spiro atoms. The molecule has 0 radical (unpaired) electrons. The summed E-state index contributed by atoms with van der Waals surface area (Å²) >= 11 is 5.91. The van der Waals surface area contributed by atoms with E-state index in [4.69, 9.17) is 21.8 Å². The summed E-state index contributed by atoms with van der Waals surface area (Å²) in [6.07, 6.45) is 1.58. The van der Waals surface area contributed by atoms with Gasteiger partial charge in [-0.15, -0.1) is 0 Å². The Kier molecular flexibility index (Phi) is 4.97. The Bertz CT molecular complexity index is 641. The van der Waals surface area contributed by atoms with E-state index in [9.17, 15) is 9.59 Å². The molecule has 7 heteroatoms. The zero-order valence-corrected chi connectivity index (χ0v) is 11.8. The van der Waals surface area contributed by atoms with E-state index in [0.717, 1.165) is 0 Å². The summed E-state index contributed by atoms with van der Waals surface area (Å²) in [5, 5.41) is 5.74. The topological polar surface area (TPSA) is 97.4 Å². The Morgan fingerprint density at radius 3 is 2.67 bits per heavy atom. The maximum atomic E-state index is 12.0. The number of nitrogens with two attached hydrogens (primary N) is 1. The molecule has 1 aromatic carbocycles. The van der Waals surface area contributed by atoms with Gasteiger partial charge in [0.2, 0.25) is 5.91 Å². The zero-order valence-electron chi connectivity index (χ0n) is 11.1. The zero-order chi connectivity index (χ0) is 15.2. The van der Waals surface area contributed by atoms with Crippen LogP contribution in [-0.4, -0.2) is 18.4 Å². The highest BCUT2D eigenvalue weighted by Crippen LogP contribution is 2.26. The van der Waals surface area contributed by atoms with Crippen LogP contribution in [0.1, 0.15) is 17.0 Å². The van der Waals surface area contributed by atoms with Crippen LogP contribution < -0.4 is 16.4 Å². The molecule has 0 saturated heterocycles. The van der Waals surface area contributed by atoms with Crippen molar-refractivity contribution < 1.29 is 14.0 Å². The van der Waals surface area contributed by atoms with E-state index in [0.29, 0.717) is 16.4 Å². The highest BCUT2D eigenvalue weighted by Gasteiger charge is 2.13. The van der Waals surface area contributed by atoms with Crippen LogP contribution in [0, 0.1) is 0 Å². The molecule has 1 heterocycles. The van der Waals surface area contributed by atoms with Crippen molar-refractivity contribution in [2.75, 3.05) is 17.2 Å². The summed E-state index contributed by atoms with van der Waals surface area (Å²) < 4.78 is 5.01. The van der Waals surface area contributed by atoms with Crippen LogP contribution >= 0.6 is 11.6 Å². The first-order valence-electron chi connectivity index (χ1n) is 6.24. The molecule has 4 N–H and O–H groups in total. The van der Waals surface area contributed by atoms with Crippen LogP contribution in [0.3, 0.4) is 0 Å². The van der Waals surface area contributed by atoms with Gasteiger partial charge in [-0.05, 0) is 30.3 Å². The van der Waals surface area contributed by atoms with Gasteiger partial charge in [0.1, 0.15) is 0 Å². The third-order valence-corrected chi connectivity index (χ3v) is 2.86. The molecule has 0 fully saturated rings. The van der Waals surface area contributed by atoms with Crippen LogP contribution in [-0.2, 0) is 4.79 Å². The van der Waals surface area contributed by atoms with Crippen LogP contribution in [0.25, 0.3) is 0 Å². The minimum absolute atomic E-state index is 0.171. The minimum atomic E-state index is -0.420. The van der Waals surface area contributed by atoms with Gasteiger partial charge in [0, 0.05) is 18.0 Å². The van der Waals surface area contributed by atoms with E-state index in [1.54, 1.807) is 24.3 Å². The van der Waals surface area contributed by atoms with Gasteiger partial charge in [-0.1, -0.05) is 11.6 Å². The average Bonchev–Trinajstić information content (AvgIpc) is 2.96. The Morgan fingerprint density at radius 2 is 2.00 bits per heavy atom. The van der Waals surface area contributed by atoms with E-state index < -0.39 is 5.91 Å². The lowest BCUT2D eigenvalue weighted by atomic mass is 10.2. The van der Waals surface area contributed by atoms with Crippen molar-refractivity contribution >= 4 is 34.8 Å². The van der Waals surface area contributed by atoms with Gasteiger partial charge in [0.05, 0.1) is 17.6 Å². The third kappa shape index (κ3) is 4.08. The van der Waals surface area contributed by atoms with Gasteiger partial charge in [0.15, 0.2) is 5.76 Å². The highest BCUT2D eigenvalue weighted by atomic mass is 35.5. The molecule has 21 heavy (non-hydrogen) atoms. The molecule has 1 aromatic heterocycles. The molecule has 2 rings (SSSR count). The molecule has 2 amide bonds. The van der Waals surface area contributed by atoms with Crippen molar-refractivity contribution in [3.05, 3.63) is 47.4 Å². The average molecular weight is 308 g/mol. The number of carbonyl (C=O) groups is 2. The summed E-state index contributed by atoms with van der Waals surface area (Å²) in [7, 11) is 0. The van der Waals surface area contributed by atoms with Crippen molar-refractivity contribution in [1.82, 2.24) is 0 Å². The molecule has 0 unspecified atom stereocenters. The number of anilines is 2. The van der Waals surface area contributed by atoms with Gasteiger partial charge in [-0.25, -0.2) is 0 Å². The van der Waals surface area contributed by atoms with E-state index >= 15 is 0 Å². The molecule has 0 saturated carbocycles. The van der Waals surface area contributed by atoms with E-state index in [1.807, 2.05) is 0 Å². The van der Waals surface area contributed by atoms with Crippen molar-refractivity contribution in [3.63, 3.8) is 0 Å². The smallest absolute Gasteiger partial charge is 0.291 e. The summed E-state index contributed by atoms with van der Waals surface area (Å²) in [5.41, 5.74) is 6.15. The Balaban J connectivity index is 2.18. The van der Waals surface area contributed by atoms with Crippen molar-refractivity contribution in [3.8, 4) is 0 Å². The molecule has 110 valence electrons. The first-order chi connectivity index (χ1) is 10.1. The van der Waals surface area contributed by atoms with Gasteiger partial charge >= 0.3 is 0 Å². The molecular weight excluding hydrogens is 294 g/mol. The number of carbonyl (C=O) groups excluding carboxylic acids is 2. The number of hydrogen-bond donors (Lipinski definition) is 3. The Labute approximate surface area is 126 Å². The second-order valence-corrected chi connectivity index (χ2v) is 4.64. The van der Waals surface area contributed by atoms with Gasteiger partial charge < -0.3 is 20.8 Å². The maximum Gasteiger partial charge on any atom is 0.291 e. The molecule has 0 bridgehead atoms. The van der Waals surface area contributed by atoms with Crippen LogP contribution in [0.5, 0.6) is 0 Å². The van der Waals surface area contributed by atoms with Gasteiger partial charge in [-0.2, -0.15) is 0 Å². The molecule has 2 aromatic rings. The maximum absolute atomic E-state index is 12.0. The van der Waals surface area contributed by atoms with Crippen molar-refractivity contribution in [2.45, 2.75) is 6.42 Å². The fraction of sp³-hybridized carbons (Fsp3) is 0.143. The van der Waals surface area contributed by atoms with E-state index in [-0.39, 0.29) is 24.6 Å². The Hall–Kier alpha value is -2.31. The van der Waals surface area contributed by atoms with Gasteiger partial charge in [-0.3, -0.25) is 9.59 Å². The predicted molar refractivity (Wildman–Crippen MR) is 80.4 cm³/mol. The molecule has 0 aliphatic heterocycles. The number of nitrogens with one attached hydrogen (secondary N) is 2.